The van der Waals surface area contributed by atoms with Crippen LogP contribution in [0.3, 0.4) is 0 Å². The topological polar surface area (TPSA) is 38.7 Å². The molecule has 8 rings (SSSR count). The van der Waals surface area contributed by atoms with Gasteiger partial charge in [-0.25, -0.2) is 9.97 Å². The summed E-state index contributed by atoms with van der Waals surface area (Å²) in [6, 6.07) is 42.8. The second kappa shape index (κ2) is 9.35. The van der Waals surface area contributed by atoms with Gasteiger partial charge in [0.15, 0.2) is 5.82 Å². The van der Waals surface area contributed by atoms with Crippen LogP contribution in [0.2, 0.25) is 0 Å². The standard InChI is InChI=1S/C38H25N3/c1-24-20-21-39-23-34(24)25-14-16-26(17-15-25)35-22-36(41-38(40-35)27-8-3-2-4-9-27)30-18-19-33-29-11-6-5-10-28(29)31-12-7-13-32(30)37(31)33/h2-23H,1H3. The summed E-state index contributed by atoms with van der Waals surface area (Å²) in [7, 11) is 0. The van der Waals surface area contributed by atoms with Crippen LogP contribution in [0.4, 0.5) is 0 Å². The lowest BCUT2D eigenvalue weighted by molar-refractivity contribution is 1.18. The lowest BCUT2D eigenvalue weighted by Crippen LogP contribution is -1.96. The van der Waals surface area contributed by atoms with Gasteiger partial charge in [-0.1, -0.05) is 109 Å². The Kier molecular flexibility index (Phi) is 5.36. The van der Waals surface area contributed by atoms with Crippen LogP contribution in [0.25, 0.3) is 78.1 Å². The Hall–Kier alpha value is -5.41. The van der Waals surface area contributed by atoms with Gasteiger partial charge in [-0.3, -0.25) is 4.98 Å². The Balaban J connectivity index is 1.31. The summed E-state index contributed by atoms with van der Waals surface area (Å²) in [5.41, 5.74) is 13.6. The van der Waals surface area contributed by atoms with Crippen LogP contribution in [-0.2, 0) is 0 Å². The third-order valence-electron chi connectivity index (χ3n) is 8.11. The van der Waals surface area contributed by atoms with Crippen molar-refractivity contribution in [3.63, 3.8) is 0 Å². The van der Waals surface area contributed by atoms with E-state index in [-0.39, 0.29) is 0 Å². The molecule has 3 nitrogen and oxygen atoms in total. The van der Waals surface area contributed by atoms with Crippen molar-refractivity contribution in [2.24, 2.45) is 0 Å². The first-order valence-corrected chi connectivity index (χ1v) is 13.9. The quantitative estimate of drug-likeness (QED) is 0.230. The van der Waals surface area contributed by atoms with Crippen LogP contribution in [0.15, 0.2) is 134 Å². The molecule has 1 aliphatic carbocycles. The number of hydrogen-bond acceptors (Lipinski definition) is 3. The third kappa shape index (κ3) is 3.86. The Morgan fingerprint density at radius 1 is 0.463 bits per heavy atom. The van der Waals surface area contributed by atoms with Crippen LogP contribution < -0.4 is 0 Å². The van der Waals surface area contributed by atoms with Gasteiger partial charge in [-0.15, -0.1) is 0 Å². The fourth-order valence-electron chi connectivity index (χ4n) is 6.07. The van der Waals surface area contributed by atoms with E-state index < -0.39 is 0 Å². The van der Waals surface area contributed by atoms with Crippen molar-refractivity contribution in [1.82, 2.24) is 15.0 Å². The van der Waals surface area contributed by atoms with Gasteiger partial charge in [0.05, 0.1) is 11.4 Å². The molecule has 0 saturated carbocycles. The second-order valence-electron chi connectivity index (χ2n) is 10.5. The SMILES string of the molecule is Cc1ccncc1-c1ccc(-c2cc(-c3ccc4c5c(cccc35)-c3ccccc3-4)nc(-c3ccccc3)n2)cc1. The highest BCUT2D eigenvalue weighted by Gasteiger charge is 2.23. The van der Waals surface area contributed by atoms with Crippen LogP contribution >= 0.6 is 0 Å². The number of nitrogens with zero attached hydrogens (tertiary/aromatic N) is 3. The molecule has 41 heavy (non-hydrogen) atoms. The van der Waals surface area contributed by atoms with Crippen molar-refractivity contribution in [2.45, 2.75) is 6.92 Å². The molecule has 0 radical (unpaired) electrons. The number of benzene rings is 5. The van der Waals surface area contributed by atoms with Gasteiger partial charge in [0.25, 0.3) is 0 Å². The third-order valence-corrected chi connectivity index (χ3v) is 8.11. The van der Waals surface area contributed by atoms with Gasteiger partial charge in [-0.2, -0.15) is 0 Å². The maximum Gasteiger partial charge on any atom is 0.160 e. The molecule has 0 saturated heterocycles. The summed E-state index contributed by atoms with van der Waals surface area (Å²) in [4.78, 5) is 14.5. The molecular weight excluding hydrogens is 498 g/mol. The van der Waals surface area contributed by atoms with E-state index in [1.807, 2.05) is 36.7 Å². The minimum Gasteiger partial charge on any atom is -0.264 e. The lowest BCUT2D eigenvalue weighted by atomic mass is 9.95. The molecule has 0 atom stereocenters. The number of pyridine rings is 1. The number of hydrogen-bond donors (Lipinski definition) is 0. The van der Waals surface area contributed by atoms with Crippen molar-refractivity contribution in [3.05, 3.63) is 139 Å². The monoisotopic (exact) mass is 523 g/mol. The highest BCUT2D eigenvalue weighted by molar-refractivity contribution is 6.18. The number of aromatic nitrogens is 3. The van der Waals surface area contributed by atoms with E-state index in [1.165, 1.54) is 38.6 Å². The maximum atomic E-state index is 5.14. The van der Waals surface area contributed by atoms with E-state index in [4.69, 9.17) is 9.97 Å². The molecule has 0 N–H and O–H groups in total. The molecule has 1 aliphatic rings. The number of aryl methyl sites for hydroxylation is 1. The predicted molar refractivity (Wildman–Crippen MR) is 168 cm³/mol. The van der Waals surface area contributed by atoms with Gasteiger partial charge in [0, 0.05) is 34.6 Å². The molecule has 2 heterocycles. The zero-order valence-electron chi connectivity index (χ0n) is 22.5. The van der Waals surface area contributed by atoms with E-state index in [9.17, 15) is 0 Å². The molecule has 2 aromatic heterocycles. The van der Waals surface area contributed by atoms with E-state index in [0.717, 1.165) is 45.0 Å². The zero-order chi connectivity index (χ0) is 27.3. The summed E-state index contributed by atoms with van der Waals surface area (Å²) < 4.78 is 0. The normalized spacial score (nSPS) is 11.5. The minimum absolute atomic E-state index is 0.719. The van der Waals surface area contributed by atoms with E-state index in [0.29, 0.717) is 0 Å². The average molecular weight is 524 g/mol. The van der Waals surface area contributed by atoms with Gasteiger partial charge in [0.1, 0.15) is 0 Å². The molecule has 5 aromatic carbocycles. The molecule has 0 unspecified atom stereocenters. The first kappa shape index (κ1) is 23.5. The average Bonchev–Trinajstić information content (AvgIpc) is 3.37. The van der Waals surface area contributed by atoms with Gasteiger partial charge in [-0.05, 0) is 63.2 Å². The highest BCUT2D eigenvalue weighted by Crippen LogP contribution is 2.49. The number of fused-ring (bicyclic) bond motifs is 3. The van der Waals surface area contributed by atoms with Crippen molar-refractivity contribution in [1.29, 1.82) is 0 Å². The minimum atomic E-state index is 0.719. The molecule has 0 amide bonds. The van der Waals surface area contributed by atoms with Gasteiger partial charge < -0.3 is 0 Å². The lowest BCUT2D eigenvalue weighted by Gasteiger charge is -2.13. The summed E-state index contributed by atoms with van der Waals surface area (Å²) >= 11 is 0. The molecule has 7 aromatic rings. The van der Waals surface area contributed by atoms with Crippen LogP contribution in [-0.4, -0.2) is 15.0 Å². The van der Waals surface area contributed by atoms with Crippen molar-refractivity contribution < 1.29 is 0 Å². The van der Waals surface area contributed by atoms with Crippen molar-refractivity contribution >= 4 is 10.8 Å². The van der Waals surface area contributed by atoms with E-state index >= 15 is 0 Å². The molecular formula is C38H25N3. The second-order valence-corrected chi connectivity index (χ2v) is 10.5. The van der Waals surface area contributed by atoms with Crippen molar-refractivity contribution in [2.75, 3.05) is 0 Å². The van der Waals surface area contributed by atoms with E-state index in [2.05, 4.69) is 109 Å². The predicted octanol–water partition coefficient (Wildman–Crippen LogP) is 9.65. The molecule has 192 valence electrons. The smallest absolute Gasteiger partial charge is 0.160 e. The summed E-state index contributed by atoms with van der Waals surface area (Å²) in [6.07, 6.45) is 3.76. The Morgan fingerprint density at radius 3 is 1.90 bits per heavy atom. The molecule has 0 fully saturated rings. The molecule has 0 spiro atoms. The Labute approximate surface area is 238 Å². The van der Waals surface area contributed by atoms with Crippen molar-refractivity contribution in [3.8, 4) is 67.3 Å². The molecule has 0 aliphatic heterocycles. The van der Waals surface area contributed by atoms with Crippen LogP contribution in [0, 0.1) is 6.92 Å². The fourth-order valence-corrected chi connectivity index (χ4v) is 6.07. The maximum absolute atomic E-state index is 5.14. The number of rotatable bonds is 4. The van der Waals surface area contributed by atoms with Crippen LogP contribution in [0.1, 0.15) is 5.56 Å². The molecule has 3 heteroatoms. The fraction of sp³-hybridized carbons (Fsp3) is 0.0263. The van der Waals surface area contributed by atoms with Gasteiger partial charge in [0.2, 0.25) is 0 Å². The molecule has 0 bridgehead atoms. The Bertz CT molecular complexity index is 2070. The summed E-state index contributed by atoms with van der Waals surface area (Å²) in [5.74, 6) is 0.719. The Morgan fingerprint density at radius 2 is 1.12 bits per heavy atom. The summed E-state index contributed by atoms with van der Waals surface area (Å²) in [6.45, 7) is 2.12. The first-order valence-electron chi connectivity index (χ1n) is 13.9. The highest BCUT2D eigenvalue weighted by atomic mass is 14.9. The summed E-state index contributed by atoms with van der Waals surface area (Å²) in [5, 5.41) is 2.51. The van der Waals surface area contributed by atoms with Gasteiger partial charge >= 0.3 is 0 Å². The largest absolute Gasteiger partial charge is 0.264 e. The zero-order valence-corrected chi connectivity index (χ0v) is 22.5. The van der Waals surface area contributed by atoms with E-state index in [1.54, 1.807) is 0 Å². The first-order chi connectivity index (χ1) is 20.2. The van der Waals surface area contributed by atoms with Crippen LogP contribution in [0.5, 0.6) is 0 Å².